The summed E-state index contributed by atoms with van der Waals surface area (Å²) in [4.78, 5) is 40.8. The highest BCUT2D eigenvalue weighted by Gasteiger charge is 2.28. The summed E-state index contributed by atoms with van der Waals surface area (Å²) in [5.74, 6) is 0.559. The second-order valence-electron chi connectivity index (χ2n) is 9.28. The Morgan fingerprint density at radius 3 is 2.42 bits per heavy atom. The zero-order chi connectivity index (χ0) is 23.5. The number of nitrogens with zero attached hydrogens (tertiary/aromatic N) is 4. The molecule has 178 valence electrons. The number of amides is 3. The Labute approximate surface area is 194 Å². The van der Waals surface area contributed by atoms with Crippen LogP contribution in [0.1, 0.15) is 61.4 Å². The number of methoxy groups -OCH3 is 1. The SMILES string of the molecule is COC(=O)[C@@H](C)NC(=O)N1CCC(c2ccn3ncc(C(=O)N4CCC(C)CC4)c3c2)CC1. The Kier molecular flexibility index (Phi) is 6.85. The summed E-state index contributed by atoms with van der Waals surface area (Å²) in [6, 6.07) is 3.20. The molecule has 0 saturated carbocycles. The molecular weight excluding hydrogens is 422 g/mol. The van der Waals surface area contributed by atoms with Gasteiger partial charge in [0.05, 0.1) is 24.4 Å². The Bertz CT molecular complexity index is 1020. The fraction of sp³-hybridized carbons (Fsp3) is 0.583. The molecule has 9 nitrogen and oxygen atoms in total. The minimum absolute atomic E-state index is 0.0558. The van der Waals surface area contributed by atoms with Crippen molar-refractivity contribution >= 4 is 23.4 Å². The van der Waals surface area contributed by atoms with E-state index in [4.69, 9.17) is 0 Å². The maximum absolute atomic E-state index is 13.1. The quantitative estimate of drug-likeness (QED) is 0.715. The van der Waals surface area contributed by atoms with Crippen molar-refractivity contribution in [2.45, 2.75) is 51.5 Å². The van der Waals surface area contributed by atoms with Crippen molar-refractivity contribution in [1.82, 2.24) is 24.7 Å². The van der Waals surface area contributed by atoms with E-state index in [0.717, 1.165) is 49.9 Å². The lowest BCUT2D eigenvalue weighted by atomic mass is 9.89. The van der Waals surface area contributed by atoms with Crippen LogP contribution in [0.3, 0.4) is 0 Å². The van der Waals surface area contributed by atoms with Gasteiger partial charge in [-0.2, -0.15) is 5.10 Å². The van der Waals surface area contributed by atoms with E-state index in [1.165, 1.54) is 7.11 Å². The van der Waals surface area contributed by atoms with E-state index in [1.807, 2.05) is 11.1 Å². The lowest BCUT2D eigenvalue weighted by Crippen LogP contribution is -2.49. The van der Waals surface area contributed by atoms with Crippen molar-refractivity contribution in [3.8, 4) is 0 Å². The van der Waals surface area contributed by atoms with Gasteiger partial charge in [-0.3, -0.25) is 4.79 Å². The van der Waals surface area contributed by atoms with Gasteiger partial charge in [0.15, 0.2) is 0 Å². The summed E-state index contributed by atoms with van der Waals surface area (Å²) in [6.07, 6.45) is 7.31. The van der Waals surface area contributed by atoms with E-state index in [0.29, 0.717) is 30.5 Å². The number of hydrogen-bond donors (Lipinski definition) is 1. The predicted molar refractivity (Wildman–Crippen MR) is 123 cm³/mol. The average Bonchev–Trinajstić information content (AvgIpc) is 3.26. The molecule has 1 atom stereocenters. The summed E-state index contributed by atoms with van der Waals surface area (Å²) < 4.78 is 6.43. The zero-order valence-electron chi connectivity index (χ0n) is 19.6. The lowest BCUT2D eigenvalue weighted by molar-refractivity contribution is -0.142. The molecule has 1 N–H and O–H groups in total. The van der Waals surface area contributed by atoms with Gasteiger partial charge in [-0.05, 0) is 62.1 Å². The molecule has 2 fully saturated rings. The average molecular weight is 456 g/mol. The number of rotatable bonds is 4. The first-order valence-corrected chi connectivity index (χ1v) is 11.8. The van der Waals surface area contributed by atoms with Crippen molar-refractivity contribution in [2.24, 2.45) is 5.92 Å². The number of piperidine rings is 2. The number of aromatic nitrogens is 2. The number of fused-ring (bicyclic) bond motifs is 1. The van der Waals surface area contributed by atoms with Crippen LogP contribution in [0.25, 0.3) is 5.52 Å². The summed E-state index contributed by atoms with van der Waals surface area (Å²) in [5.41, 5.74) is 2.65. The van der Waals surface area contributed by atoms with E-state index in [2.05, 4.69) is 34.2 Å². The Hall–Kier alpha value is -3.10. The smallest absolute Gasteiger partial charge is 0.328 e. The van der Waals surface area contributed by atoms with Crippen LogP contribution in [0.15, 0.2) is 24.5 Å². The van der Waals surface area contributed by atoms with Gasteiger partial charge in [-0.15, -0.1) is 0 Å². The van der Waals surface area contributed by atoms with Crippen LogP contribution in [0.2, 0.25) is 0 Å². The van der Waals surface area contributed by atoms with Gasteiger partial charge in [-0.25, -0.2) is 14.1 Å². The number of carbonyl (C=O) groups is 3. The molecule has 9 heteroatoms. The molecule has 4 heterocycles. The van der Waals surface area contributed by atoms with Gasteiger partial charge < -0.3 is 19.9 Å². The van der Waals surface area contributed by atoms with Crippen LogP contribution in [0.5, 0.6) is 0 Å². The van der Waals surface area contributed by atoms with Gasteiger partial charge in [0.1, 0.15) is 6.04 Å². The molecule has 4 rings (SSSR count). The summed E-state index contributed by atoms with van der Waals surface area (Å²) in [6.45, 7) is 6.65. The van der Waals surface area contributed by atoms with Gasteiger partial charge in [0.2, 0.25) is 0 Å². The Balaban J connectivity index is 1.41. The minimum atomic E-state index is -0.677. The standard InChI is InChI=1S/C24H33N5O4/c1-16-4-9-27(10-5-16)22(30)20-15-25-29-13-8-19(14-21(20)29)18-6-11-28(12-7-18)24(32)26-17(2)23(31)33-3/h8,13-18H,4-7,9-12H2,1-3H3,(H,26,32)/t17-/m1/s1. The number of likely N-dealkylation sites (tertiary alicyclic amines) is 2. The molecule has 2 aliphatic rings. The maximum atomic E-state index is 13.1. The van der Waals surface area contributed by atoms with E-state index >= 15 is 0 Å². The van der Waals surface area contributed by atoms with Gasteiger partial charge in [0, 0.05) is 32.4 Å². The molecule has 0 aliphatic carbocycles. The van der Waals surface area contributed by atoms with E-state index in [9.17, 15) is 14.4 Å². The zero-order valence-corrected chi connectivity index (χ0v) is 19.6. The first-order valence-electron chi connectivity index (χ1n) is 11.8. The van der Waals surface area contributed by atoms with Crippen LogP contribution in [-0.4, -0.2) is 76.7 Å². The lowest BCUT2D eigenvalue weighted by Gasteiger charge is -2.33. The highest BCUT2D eigenvalue weighted by Crippen LogP contribution is 2.30. The topological polar surface area (TPSA) is 96.2 Å². The highest BCUT2D eigenvalue weighted by molar-refractivity contribution is 6.00. The van der Waals surface area contributed by atoms with Crippen molar-refractivity contribution in [1.29, 1.82) is 0 Å². The molecule has 0 unspecified atom stereocenters. The van der Waals surface area contributed by atoms with Crippen LogP contribution in [0, 0.1) is 5.92 Å². The molecule has 0 aromatic carbocycles. The first kappa shape index (κ1) is 23.1. The molecule has 2 aromatic heterocycles. The second kappa shape index (κ2) is 9.80. The van der Waals surface area contributed by atoms with Gasteiger partial charge >= 0.3 is 12.0 Å². The fourth-order valence-electron chi connectivity index (χ4n) is 4.73. The normalized spacial score (nSPS) is 18.9. The largest absolute Gasteiger partial charge is 0.467 e. The van der Waals surface area contributed by atoms with Gasteiger partial charge in [0.25, 0.3) is 5.91 Å². The number of nitrogens with one attached hydrogen (secondary N) is 1. The van der Waals surface area contributed by atoms with Gasteiger partial charge in [-0.1, -0.05) is 6.92 Å². The van der Waals surface area contributed by atoms with Crippen molar-refractivity contribution < 1.29 is 19.1 Å². The molecule has 3 amide bonds. The van der Waals surface area contributed by atoms with E-state index in [-0.39, 0.29) is 11.9 Å². The molecule has 2 saturated heterocycles. The van der Waals surface area contributed by atoms with Crippen LogP contribution >= 0.6 is 0 Å². The van der Waals surface area contributed by atoms with E-state index < -0.39 is 12.0 Å². The molecule has 0 bridgehead atoms. The number of esters is 1. The summed E-state index contributed by atoms with van der Waals surface area (Å²) in [7, 11) is 1.31. The third-order valence-corrected chi connectivity index (χ3v) is 7.00. The Morgan fingerprint density at radius 2 is 1.76 bits per heavy atom. The number of pyridine rings is 1. The van der Waals surface area contributed by atoms with Crippen molar-refractivity contribution in [3.63, 3.8) is 0 Å². The molecule has 0 radical (unpaired) electrons. The Morgan fingerprint density at radius 1 is 1.09 bits per heavy atom. The summed E-state index contributed by atoms with van der Waals surface area (Å²) >= 11 is 0. The maximum Gasteiger partial charge on any atom is 0.328 e. The molecule has 2 aliphatic heterocycles. The predicted octanol–water partition coefficient (Wildman–Crippen LogP) is 2.66. The number of hydrogen-bond acceptors (Lipinski definition) is 5. The fourth-order valence-corrected chi connectivity index (χ4v) is 4.73. The molecule has 0 spiro atoms. The summed E-state index contributed by atoms with van der Waals surface area (Å²) in [5, 5.41) is 7.08. The highest BCUT2D eigenvalue weighted by atomic mass is 16.5. The minimum Gasteiger partial charge on any atom is -0.467 e. The van der Waals surface area contributed by atoms with Crippen molar-refractivity contribution in [3.05, 3.63) is 35.7 Å². The first-order chi connectivity index (χ1) is 15.9. The number of carbonyl (C=O) groups excluding carboxylic acids is 3. The van der Waals surface area contributed by atoms with Crippen LogP contribution < -0.4 is 5.32 Å². The second-order valence-corrected chi connectivity index (χ2v) is 9.28. The monoisotopic (exact) mass is 455 g/mol. The number of ether oxygens (including phenoxy) is 1. The number of urea groups is 1. The third-order valence-electron chi connectivity index (χ3n) is 7.00. The van der Waals surface area contributed by atoms with E-state index in [1.54, 1.807) is 22.5 Å². The van der Waals surface area contributed by atoms with Crippen LogP contribution in [0.4, 0.5) is 4.79 Å². The molecule has 33 heavy (non-hydrogen) atoms. The molecule has 2 aromatic rings. The molecular formula is C24H33N5O4. The third kappa shape index (κ3) is 4.96. The van der Waals surface area contributed by atoms with Crippen LogP contribution in [-0.2, 0) is 9.53 Å². The van der Waals surface area contributed by atoms with Crippen molar-refractivity contribution in [2.75, 3.05) is 33.3 Å².